The summed E-state index contributed by atoms with van der Waals surface area (Å²) in [5, 5.41) is 0. The number of rotatable bonds is 0. The van der Waals surface area contributed by atoms with Gasteiger partial charge in [-0.3, -0.25) is 0 Å². The topological polar surface area (TPSA) is 9.23 Å². The maximum absolute atomic E-state index is 5.43. The molecule has 2 rings (SSSR count). The number of ether oxygens (including phenoxy) is 1. The highest BCUT2D eigenvalue weighted by atomic mass is 16.5. The minimum atomic E-state index is 0.544. The van der Waals surface area contributed by atoms with Crippen molar-refractivity contribution in [3.8, 4) is 0 Å². The highest BCUT2D eigenvalue weighted by Gasteiger charge is 2.28. The number of fused-ring (bicyclic) bond motifs is 1. The summed E-state index contributed by atoms with van der Waals surface area (Å²) < 4.78 is 5.43. The maximum Gasteiger partial charge on any atom is 0.132 e. The highest BCUT2D eigenvalue weighted by Crippen LogP contribution is 2.34. The Morgan fingerprint density at radius 3 is 2.90 bits per heavy atom. The van der Waals surface area contributed by atoms with Gasteiger partial charge in [0.25, 0.3) is 0 Å². The zero-order valence-corrected chi connectivity index (χ0v) is 6.31. The van der Waals surface area contributed by atoms with Crippen LogP contribution in [0.5, 0.6) is 0 Å². The molecule has 0 aromatic rings. The van der Waals surface area contributed by atoms with Crippen LogP contribution in [0, 0.1) is 12.5 Å². The van der Waals surface area contributed by atoms with Crippen molar-refractivity contribution in [3.05, 3.63) is 6.61 Å². The van der Waals surface area contributed by atoms with Gasteiger partial charge in [0.05, 0.1) is 6.10 Å². The molecule has 0 amide bonds. The van der Waals surface area contributed by atoms with Crippen LogP contribution in [-0.2, 0) is 4.74 Å². The van der Waals surface area contributed by atoms with Gasteiger partial charge in [0, 0.05) is 0 Å². The molecule has 0 bridgehead atoms. The van der Waals surface area contributed by atoms with Crippen LogP contribution in [0.4, 0.5) is 0 Å². The van der Waals surface area contributed by atoms with E-state index in [1.165, 1.54) is 32.1 Å². The lowest BCUT2D eigenvalue weighted by Crippen LogP contribution is -2.30. The van der Waals surface area contributed by atoms with Crippen LogP contribution in [0.1, 0.15) is 38.5 Å². The van der Waals surface area contributed by atoms with E-state index in [2.05, 4.69) is 6.61 Å². The predicted octanol–water partition coefficient (Wildman–Crippen LogP) is 2.39. The van der Waals surface area contributed by atoms with E-state index in [9.17, 15) is 0 Å². The van der Waals surface area contributed by atoms with Crippen molar-refractivity contribution in [2.45, 2.75) is 44.6 Å². The second-order valence-electron chi connectivity index (χ2n) is 3.38. The van der Waals surface area contributed by atoms with Crippen molar-refractivity contribution in [2.24, 2.45) is 5.92 Å². The fourth-order valence-electron chi connectivity index (χ4n) is 2.07. The van der Waals surface area contributed by atoms with Gasteiger partial charge >= 0.3 is 0 Å². The van der Waals surface area contributed by atoms with E-state index in [0.29, 0.717) is 6.10 Å². The van der Waals surface area contributed by atoms with E-state index in [1.807, 2.05) is 0 Å². The normalized spacial score (nSPS) is 40.8. The molecule has 0 spiro atoms. The molecule has 1 aliphatic carbocycles. The zero-order valence-electron chi connectivity index (χ0n) is 6.31. The Morgan fingerprint density at radius 1 is 1.10 bits per heavy atom. The Balaban J connectivity index is 1.93. The molecule has 2 atom stereocenters. The van der Waals surface area contributed by atoms with E-state index >= 15 is 0 Å². The van der Waals surface area contributed by atoms with Crippen LogP contribution in [0.25, 0.3) is 0 Å². The SMILES string of the molecule is [C]1CCC2CCCCC2O1. The molecule has 2 radical (unpaired) electrons. The lowest BCUT2D eigenvalue weighted by atomic mass is 9.82. The van der Waals surface area contributed by atoms with E-state index in [-0.39, 0.29) is 0 Å². The molecule has 10 heavy (non-hydrogen) atoms. The molecule has 0 aromatic heterocycles. The highest BCUT2D eigenvalue weighted by molar-refractivity contribution is 4.81. The van der Waals surface area contributed by atoms with Crippen molar-refractivity contribution in [1.29, 1.82) is 0 Å². The Hall–Kier alpha value is -0.0400. The summed E-state index contributed by atoms with van der Waals surface area (Å²) in [6.45, 7) is 2.98. The molecule has 1 saturated carbocycles. The van der Waals surface area contributed by atoms with Crippen molar-refractivity contribution >= 4 is 0 Å². The van der Waals surface area contributed by atoms with Gasteiger partial charge in [-0.15, -0.1) is 0 Å². The van der Waals surface area contributed by atoms with Crippen LogP contribution in [0.3, 0.4) is 0 Å². The quantitative estimate of drug-likeness (QED) is 0.499. The Morgan fingerprint density at radius 2 is 2.00 bits per heavy atom. The first-order valence-corrected chi connectivity index (χ1v) is 4.35. The Bertz CT molecular complexity index is 85.3. The van der Waals surface area contributed by atoms with Crippen LogP contribution in [0.15, 0.2) is 0 Å². The summed E-state index contributed by atoms with van der Waals surface area (Å²) in [5.74, 6) is 0.870. The van der Waals surface area contributed by atoms with Gasteiger partial charge in [0.2, 0.25) is 0 Å². The fourth-order valence-corrected chi connectivity index (χ4v) is 2.07. The van der Waals surface area contributed by atoms with Gasteiger partial charge < -0.3 is 4.74 Å². The monoisotopic (exact) mass is 138 g/mol. The van der Waals surface area contributed by atoms with Crippen LogP contribution in [-0.4, -0.2) is 6.10 Å². The van der Waals surface area contributed by atoms with E-state index in [4.69, 9.17) is 4.74 Å². The van der Waals surface area contributed by atoms with Gasteiger partial charge in [-0.1, -0.05) is 12.8 Å². The van der Waals surface area contributed by atoms with Gasteiger partial charge in [-0.25, -0.2) is 0 Å². The fraction of sp³-hybridized carbons (Fsp3) is 0.889. The average Bonchev–Trinajstić information content (AvgIpc) is 2.05. The second kappa shape index (κ2) is 2.91. The minimum absolute atomic E-state index is 0.544. The average molecular weight is 138 g/mol. The predicted molar refractivity (Wildman–Crippen MR) is 39.3 cm³/mol. The zero-order chi connectivity index (χ0) is 6.81. The van der Waals surface area contributed by atoms with Gasteiger partial charge in [-0.2, -0.15) is 0 Å². The third-order valence-electron chi connectivity index (χ3n) is 2.69. The van der Waals surface area contributed by atoms with E-state index in [1.54, 1.807) is 0 Å². The first kappa shape index (κ1) is 6.66. The largest absolute Gasteiger partial charge is 0.365 e. The first-order valence-electron chi connectivity index (χ1n) is 4.35. The van der Waals surface area contributed by atoms with Crippen LogP contribution >= 0.6 is 0 Å². The summed E-state index contributed by atoms with van der Waals surface area (Å²) in [6, 6.07) is 0. The molecule has 2 unspecified atom stereocenters. The maximum atomic E-state index is 5.43. The molecule has 1 saturated heterocycles. The van der Waals surface area contributed by atoms with Gasteiger partial charge in [0.15, 0.2) is 0 Å². The lowest BCUT2D eigenvalue weighted by Gasteiger charge is -2.34. The summed E-state index contributed by atoms with van der Waals surface area (Å²) in [4.78, 5) is 0. The molecular weight excluding hydrogens is 124 g/mol. The van der Waals surface area contributed by atoms with Crippen molar-refractivity contribution in [2.75, 3.05) is 0 Å². The Kier molecular flexibility index (Phi) is 1.94. The second-order valence-corrected chi connectivity index (χ2v) is 3.38. The molecule has 1 aliphatic heterocycles. The van der Waals surface area contributed by atoms with E-state index in [0.717, 1.165) is 12.3 Å². The molecule has 0 aromatic carbocycles. The molecule has 0 N–H and O–H groups in total. The summed E-state index contributed by atoms with van der Waals surface area (Å²) >= 11 is 0. The van der Waals surface area contributed by atoms with Crippen molar-refractivity contribution < 1.29 is 4.74 Å². The molecule has 1 nitrogen and oxygen atoms in total. The molecule has 1 heteroatoms. The lowest BCUT2D eigenvalue weighted by molar-refractivity contribution is -0.00922. The first-order chi connectivity index (χ1) is 4.97. The van der Waals surface area contributed by atoms with Crippen molar-refractivity contribution in [1.82, 2.24) is 0 Å². The third kappa shape index (κ3) is 1.20. The minimum Gasteiger partial charge on any atom is -0.365 e. The van der Waals surface area contributed by atoms with Crippen LogP contribution in [0.2, 0.25) is 0 Å². The number of hydrogen-bond donors (Lipinski definition) is 0. The summed E-state index contributed by atoms with van der Waals surface area (Å²) in [7, 11) is 0. The molecular formula is C9H14O. The van der Waals surface area contributed by atoms with Crippen molar-refractivity contribution in [3.63, 3.8) is 0 Å². The standard InChI is InChI=1S/C9H14O/c1-2-6-9-8(4-1)5-3-7-10-9/h8-9H,1-6H2. The molecule has 2 aliphatic rings. The summed E-state index contributed by atoms with van der Waals surface area (Å²) in [6.07, 6.45) is 8.38. The Labute approximate surface area is 62.8 Å². The third-order valence-corrected chi connectivity index (χ3v) is 2.69. The van der Waals surface area contributed by atoms with Gasteiger partial charge in [0.1, 0.15) is 6.61 Å². The smallest absolute Gasteiger partial charge is 0.132 e. The molecule has 56 valence electrons. The van der Waals surface area contributed by atoms with Crippen LogP contribution < -0.4 is 0 Å². The number of hydrogen-bond acceptors (Lipinski definition) is 1. The molecule has 1 heterocycles. The molecule has 2 fully saturated rings. The summed E-state index contributed by atoms with van der Waals surface area (Å²) in [5.41, 5.74) is 0. The van der Waals surface area contributed by atoms with E-state index < -0.39 is 0 Å². The van der Waals surface area contributed by atoms with Gasteiger partial charge in [-0.05, 0) is 31.6 Å².